The van der Waals surface area contributed by atoms with Crippen molar-refractivity contribution in [2.45, 2.75) is 31.1 Å². The fraction of sp³-hybridized carbons (Fsp3) is 0.500. The van der Waals surface area contributed by atoms with Crippen molar-refractivity contribution in [3.63, 3.8) is 0 Å². The van der Waals surface area contributed by atoms with E-state index < -0.39 is 10.0 Å². The van der Waals surface area contributed by atoms with E-state index in [1.54, 1.807) is 0 Å². The molecule has 4 nitrogen and oxygen atoms in total. The number of nitrogens with zero attached hydrogens (tertiary/aromatic N) is 2. The number of rotatable bonds is 5. The van der Waals surface area contributed by atoms with Gasteiger partial charge in [-0.1, -0.05) is 24.9 Å². The van der Waals surface area contributed by atoms with Gasteiger partial charge in [0.1, 0.15) is 4.90 Å². The van der Waals surface area contributed by atoms with Crippen molar-refractivity contribution in [3.8, 4) is 6.07 Å². The summed E-state index contributed by atoms with van der Waals surface area (Å²) in [4.78, 5) is 0.0827. The predicted octanol–water partition coefficient (Wildman–Crippen LogP) is 3.02. The van der Waals surface area contributed by atoms with Crippen LogP contribution < -0.4 is 0 Å². The fourth-order valence-electron chi connectivity index (χ4n) is 2.28. The first-order valence-electron chi connectivity index (χ1n) is 6.68. The van der Waals surface area contributed by atoms with Crippen molar-refractivity contribution in [1.82, 2.24) is 4.31 Å². The van der Waals surface area contributed by atoms with E-state index in [9.17, 15) is 8.42 Å². The van der Waals surface area contributed by atoms with Crippen LogP contribution in [0.15, 0.2) is 23.1 Å². The third-order valence-corrected chi connectivity index (χ3v) is 6.14. The van der Waals surface area contributed by atoms with Gasteiger partial charge in [-0.15, -0.1) is 0 Å². The van der Waals surface area contributed by atoms with Crippen LogP contribution in [0, 0.1) is 17.2 Å². The van der Waals surface area contributed by atoms with Crippen molar-refractivity contribution in [2.75, 3.05) is 13.1 Å². The standard InChI is InChI=1S/C14H17ClN2O2S/c1-2-17(10-11-4-3-5-11)20(18,19)14-7-6-12(9-16)8-13(14)15/h6-8,11H,2-5,10H2,1H3. The van der Waals surface area contributed by atoms with Gasteiger partial charge < -0.3 is 0 Å². The van der Waals surface area contributed by atoms with Gasteiger partial charge in [0.15, 0.2) is 0 Å². The summed E-state index contributed by atoms with van der Waals surface area (Å²) in [5, 5.41) is 8.91. The van der Waals surface area contributed by atoms with Crippen LogP contribution in [0.4, 0.5) is 0 Å². The normalized spacial score (nSPS) is 15.9. The molecular weight excluding hydrogens is 296 g/mol. The van der Waals surface area contributed by atoms with Crippen LogP contribution in [-0.4, -0.2) is 25.8 Å². The van der Waals surface area contributed by atoms with Gasteiger partial charge in [-0.25, -0.2) is 8.42 Å². The Balaban J connectivity index is 2.30. The summed E-state index contributed by atoms with van der Waals surface area (Å²) in [7, 11) is -3.59. The first-order chi connectivity index (χ1) is 9.48. The molecule has 0 spiro atoms. The maximum Gasteiger partial charge on any atom is 0.244 e. The zero-order valence-corrected chi connectivity index (χ0v) is 12.9. The Morgan fingerprint density at radius 1 is 1.45 bits per heavy atom. The van der Waals surface area contributed by atoms with E-state index in [0.717, 1.165) is 12.8 Å². The van der Waals surface area contributed by atoms with Crippen LogP contribution in [0.5, 0.6) is 0 Å². The summed E-state index contributed by atoms with van der Waals surface area (Å²) in [5.74, 6) is 0.460. The Kier molecular flexibility index (Phi) is 4.69. The van der Waals surface area contributed by atoms with E-state index in [0.29, 0.717) is 24.6 Å². The molecule has 0 atom stereocenters. The summed E-state index contributed by atoms with van der Waals surface area (Å²) in [6, 6.07) is 6.24. The van der Waals surface area contributed by atoms with Crippen LogP contribution in [-0.2, 0) is 10.0 Å². The number of sulfonamides is 1. The third-order valence-electron chi connectivity index (χ3n) is 3.72. The van der Waals surface area contributed by atoms with E-state index in [1.807, 2.05) is 13.0 Å². The molecular formula is C14H17ClN2O2S. The van der Waals surface area contributed by atoms with Crippen molar-refractivity contribution in [3.05, 3.63) is 28.8 Å². The number of hydrogen-bond donors (Lipinski definition) is 0. The van der Waals surface area contributed by atoms with E-state index >= 15 is 0 Å². The van der Waals surface area contributed by atoms with Crippen molar-refractivity contribution in [2.24, 2.45) is 5.92 Å². The van der Waals surface area contributed by atoms with Crippen LogP contribution in [0.2, 0.25) is 5.02 Å². The summed E-state index contributed by atoms with van der Waals surface area (Å²) in [5.41, 5.74) is 0.357. The lowest BCUT2D eigenvalue weighted by molar-refractivity contribution is 0.250. The molecule has 1 saturated carbocycles. The average Bonchev–Trinajstić information content (AvgIpc) is 2.36. The molecule has 0 saturated heterocycles. The molecule has 0 aromatic heterocycles. The molecule has 2 rings (SSSR count). The molecule has 0 bridgehead atoms. The van der Waals surface area contributed by atoms with Gasteiger partial charge in [0.25, 0.3) is 0 Å². The Hall–Kier alpha value is -1.09. The first kappa shape index (κ1) is 15.3. The molecule has 0 amide bonds. The van der Waals surface area contributed by atoms with Gasteiger partial charge >= 0.3 is 0 Å². The maximum atomic E-state index is 12.6. The zero-order valence-electron chi connectivity index (χ0n) is 11.3. The topological polar surface area (TPSA) is 61.2 Å². The number of hydrogen-bond acceptors (Lipinski definition) is 3. The number of nitriles is 1. The monoisotopic (exact) mass is 312 g/mol. The lowest BCUT2D eigenvalue weighted by atomic mass is 9.85. The summed E-state index contributed by atoms with van der Waals surface area (Å²) in [6.45, 7) is 2.80. The van der Waals surface area contributed by atoms with E-state index in [4.69, 9.17) is 16.9 Å². The van der Waals surface area contributed by atoms with Crippen molar-refractivity contribution >= 4 is 21.6 Å². The number of halogens is 1. The highest BCUT2D eigenvalue weighted by Crippen LogP contribution is 2.31. The highest BCUT2D eigenvalue weighted by Gasteiger charge is 2.29. The Bertz CT molecular complexity index is 633. The van der Waals surface area contributed by atoms with Gasteiger partial charge in [-0.2, -0.15) is 9.57 Å². The van der Waals surface area contributed by atoms with E-state index in [1.165, 1.54) is 28.9 Å². The quantitative estimate of drug-likeness (QED) is 0.839. The van der Waals surface area contributed by atoms with Crippen LogP contribution in [0.25, 0.3) is 0 Å². The minimum Gasteiger partial charge on any atom is -0.207 e. The summed E-state index contributed by atoms with van der Waals surface area (Å²) < 4.78 is 26.7. The van der Waals surface area contributed by atoms with Crippen LogP contribution in [0.3, 0.4) is 0 Å². The molecule has 0 radical (unpaired) electrons. The zero-order chi connectivity index (χ0) is 14.8. The molecule has 0 heterocycles. The molecule has 1 aromatic carbocycles. The minimum absolute atomic E-state index is 0.0827. The third kappa shape index (κ3) is 2.98. The number of benzene rings is 1. The highest BCUT2D eigenvalue weighted by molar-refractivity contribution is 7.89. The predicted molar refractivity (Wildman–Crippen MR) is 77.9 cm³/mol. The minimum atomic E-state index is -3.59. The largest absolute Gasteiger partial charge is 0.244 e. The second kappa shape index (κ2) is 6.13. The van der Waals surface area contributed by atoms with Crippen molar-refractivity contribution in [1.29, 1.82) is 5.26 Å². The van der Waals surface area contributed by atoms with Crippen molar-refractivity contribution < 1.29 is 8.42 Å². The maximum absolute atomic E-state index is 12.6. The SMILES string of the molecule is CCN(CC1CCC1)S(=O)(=O)c1ccc(C#N)cc1Cl. The molecule has 0 aliphatic heterocycles. The van der Waals surface area contributed by atoms with Gasteiger partial charge in [-0.3, -0.25) is 0 Å². The molecule has 0 N–H and O–H groups in total. The molecule has 108 valence electrons. The molecule has 20 heavy (non-hydrogen) atoms. The molecule has 0 unspecified atom stereocenters. The van der Waals surface area contributed by atoms with Crippen LogP contribution >= 0.6 is 11.6 Å². The fourth-order valence-corrected chi connectivity index (χ4v) is 4.32. The molecule has 6 heteroatoms. The molecule has 1 aromatic rings. The Labute approximate surface area is 125 Å². The van der Waals surface area contributed by atoms with Crippen LogP contribution in [0.1, 0.15) is 31.7 Å². The average molecular weight is 313 g/mol. The van der Waals surface area contributed by atoms with E-state index in [-0.39, 0.29) is 9.92 Å². The highest BCUT2D eigenvalue weighted by atomic mass is 35.5. The molecule has 1 fully saturated rings. The lowest BCUT2D eigenvalue weighted by Gasteiger charge is -2.31. The second-order valence-electron chi connectivity index (χ2n) is 5.01. The first-order valence-corrected chi connectivity index (χ1v) is 8.50. The second-order valence-corrected chi connectivity index (χ2v) is 7.32. The van der Waals surface area contributed by atoms with Gasteiger partial charge in [0.2, 0.25) is 10.0 Å². The van der Waals surface area contributed by atoms with Gasteiger partial charge in [0, 0.05) is 13.1 Å². The van der Waals surface area contributed by atoms with E-state index in [2.05, 4.69) is 0 Å². The summed E-state index contributed by atoms with van der Waals surface area (Å²) >= 11 is 6.02. The smallest absolute Gasteiger partial charge is 0.207 e. The van der Waals surface area contributed by atoms with Gasteiger partial charge in [0.05, 0.1) is 16.7 Å². The van der Waals surface area contributed by atoms with Gasteiger partial charge in [-0.05, 0) is 37.0 Å². The lowest BCUT2D eigenvalue weighted by Crippen LogP contribution is -2.37. The Morgan fingerprint density at radius 3 is 2.60 bits per heavy atom. The molecule has 1 aliphatic rings. The Morgan fingerprint density at radius 2 is 2.15 bits per heavy atom. The molecule has 1 aliphatic carbocycles. The summed E-state index contributed by atoms with van der Waals surface area (Å²) in [6.07, 6.45) is 3.36.